The highest BCUT2D eigenvalue weighted by molar-refractivity contribution is 6.30. The number of halogens is 4. The topological polar surface area (TPSA) is 66.0 Å². The quantitative estimate of drug-likeness (QED) is 0.725. The summed E-state index contributed by atoms with van der Waals surface area (Å²) in [6.07, 6.45) is -1.25. The van der Waals surface area contributed by atoms with Crippen molar-refractivity contribution in [3.8, 4) is 0 Å². The molecule has 2 aromatic rings. The summed E-state index contributed by atoms with van der Waals surface area (Å²) >= 11 is 5.65. The fourth-order valence-electron chi connectivity index (χ4n) is 2.12. The molecule has 5 nitrogen and oxygen atoms in total. The van der Waals surface area contributed by atoms with E-state index in [-0.39, 0.29) is 28.6 Å². The van der Waals surface area contributed by atoms with Gasteiger partial charge < -0.3 is 16.0 Å². The normalized spacial score (nSPS) is 14.1. The lowest BCUT2D eigenvalue weighted by Crippen LogP contribution is -2.30. The maximum Gasteiger partial charge on any atom is 0.418 e. The first-order chi connectivity index (χ1) is 11.8. The first-order valence-electron chi connectivity index (χ1n) is 7.48. The molecule has 132 valence electrons. The van der Waals surface area contributed by atoms with Crippen molar-refractivity contribution in [1.82, 2.24) is 10.3 Å². The van der Waals surface area contributed by atoms with Crippen LogP contribution in [0.4, 0.5) is 35.2 Å². The van der Waals surface area contributed by atoms with E-state index in [2.05, 4.69) is 20.9 Å². The Hall–Kier alpha value is -2.48. The summed E-state index contributed by atoms with van der Waals surface area (Å²) in [7, 11) is 0. The molecule has 0 aliphatic heterocycles. The molecule has 0 saturated heterocycles. The summed E-state index contributed by atoms with van der Waals surface area (Å²) in [6.45, 7) is 0. The van der Waals surface area contributed by atoms with Gasteiger partial charge in [-0.25, -0.2) is 9.78 Å². The van der Waals surface area contributed by atoms with Crippen molar-refractivity contribution in [3.05, 3.63) is 47.1 Å². The van der Waals surface area contributed by atoms with Crippen LogP contribution in [0.2, 0.25) is 5.02 Å². The van der Waals surface area contributed by atoms with Crippen LogP contribution in [0.1, 0.15) is 18.4 Å². The van der Waals surface area contributed by atoms with Gasteiger partial charge in [-0.1, -0.05) is 11.6 Å². The summed E-state index contributed by atoms with van der Waals surface area (Å²) in [6, 6.07) is 6.36. The largest absolute Gasteiger partial charge is 0.418 e. The number of hydrogen-bond donors (Lipinski definition) is 3. The molecule has 0 radical (unpaired) electrons. The summed E-state index contributed by atoms with van der Waals surface area (Å²) < 4.78 is 39.2. The molecule has 1 fully saturated rings. The van der Waals surface area contributed by atoms with Crippen LogP contribution in [-0.4, -0.2) is 17.1 Å². The molecule has 9 heteroatoms. The Morgan fingerprint density at radius 1 is 1.20 bits per heavy atom. The van der Waals surface area contributed by atoms with Crippen molar-refractivity contribution < 1.29 is 18.0 Å². The highest BCUT2D eigenvalue weighted by Crippen LogP contribution is 2.37. The Bertz CT molecular complexity index is 776. The standard InChI is InChI=1S/C16H14ClF3N4O/c17-9-1-5-13(12(7-9)16(18,19)20)24-14-6-4-11(8-21-14)23-15(25)22-10-2-3-10/h1,4-8,10H,2-3H2,(H,21,24)(H2,22,23,25). The maximum absolute atomic E-state index is 13.1. The maximum atomic E-state index is 13.1. The molecular formula is C16H14ClF3N4O. The SMILES string of the molecule is O=C(Nc1ccc(Nc2ccc(Cl)cc2C(F)(F)F)nc1)NC1CC1. The van der Waals surface area contributed by atoms with Gasteiger partial charge in [-0.05, 0) is 43.2 Å². The van der Waals surface area contributed by atoms with Crippen molar-refractivity contribution in [1.29, 1.82) is 0 Å². The molecule has 2 amide bonds. The average Bonchev–Trinajstić information content (AvgIpc) is 3.34. The molecule has 3 N–H and O–H groups in total. The van der Waals surface area contributed by atoms with Gasteiger partial charge in [0.25, 0.3) is 0 Å². The first-order valence-corrected chi connectivity index (χ1v) is 7.86. The fourth-order valence-corrected chi connectivity index (χ4v) is 2.29. The Kier molecular flexibility index (Phi) is 4.71. The number of hydrogen-bond acceptors (Lipinski definition) is 3. The van der Waals surface area contributed by atoms with Crippen LogP contribution in [0, 0.1) is 0 Å². The van der Waals surface area contributed by atoms with Crippen LogP contribution in [0.5, 0.6) is 0 Å². The van der Waals surface area contributed by atoms with E-state index in [9.17, 15) is 18.0 Å². The van der Waals surface area contributed by atoms with Gasteiger partial charge in [0.2, 0.25) is 0 Å². The number of carbonyl (C=O) groups is 1. The van der Waals surface area contributed by atoms with Gasteiger partial charge in [-0.15, -0.1) is 0 Å². The van der Waals surface area contributed by atoms with E-state index in [1.807, 2.05) is 0 Å². The molecule has 3 rings (SSSR count). The predicted molar refractivity (Wildman–Crippen MR) is 89.2 cm³/mol. The van der Waals surface area contributed by atoms with Gasteiger partial charge in [-0.2, -0.15) is 13.2 Å². The van der Waals surface area contributed by atoms with Gasteiger partial charge in [0.05, 0.1) is 23.1 Å². The van der Waals surface area contributed by atoms with Crippen LogP contribution < -0.4 is 16.0 Å². The lowest BCUT2D eigenvalue weighted by Gasteiger charge is -2.14. The molecule has 1 aromatic carbocycles. The van der Waals surface area contributed by atoms with Gasteiger partial charge in [0, 0.05) is 11.1 Å². The number of aromatic nitrogens is 1. The number of benzene rings is 1. The highest BCUT2D eigenvalue weighted by Gasteiger charge is 2.34. The smallest absolute Gasteiger partial charge is 0.340 e. The molecule has 0 bridgehead atoms. The van der Waals surface area contributed by atoms with Gasteiger partial charge in [0.1, 0.15) is 5.82 Å². The first kappa shape index (κ1) is 17.3. The Morgan fingerprint density at radius 3 is 2.56 bits per heavy atom. The molecule has 1 aliphatic rings. The van der Waals surface area contributed by atoms with Gasteiger partial charge in [-0.3, -0.25) is 0 Å². The van der Waals surface area contributed by atoms with Crippen LogP contribution in [0.15, 0.2) is 36.5 Å². The monoisotopic (exact) mass is 370 g/mol. The minimum absolute atomic E-state index is 0.00735. The van der Waals surface area contributed by atoms with E-state index in [1.165, 1.54) is 24.4 Å². The zero-order valence-electron chi connectivity index (χ0n) is 12.8. The second-order valence-corrected chi connectivity index (χ2v) is 6.05. The van der Waals surface area contributed by atoms with Crippen molar-refractivity contribution in [3.63, 3.8) is 0 Å². The second kappa shape index (κ2) is 6.79. The predicted octanol–water partition coefficient (Wildman–Crippen LogP) is 4.78. The average molecular weight is 371 g/mol. The molecule has 0 atom stereocenters. The van der Waals surface area contributed by atoms with Crippen LogP contribution in [0.25, 0.3) is 0 Å². The fraction of sp³-hybridized carbons (Fsp3) is 0.250. The Balaban J connectivity index is 1.70. The summed E-state index contributed by atoms with van der Waals surface area (Å²) in [5.74, 6) is 0.209. The number of pyridine rings is 1. The molecule has 1 heterocycles. The summed E-state index contributed by atoms with van der Waals surface area (Å²) in [4.78, 5) is 15.6. The molecule has 25 heavy (non-hydrogen) atoms. The van der Waals surface area contributed by atoms with Gasteiger partial charge >= 0.3 is 12.2 Å². The number of amides is 2. The third-order valence-corrected chi connectivity index (χ3v) is 3.72. The number of carbonyl (C=O) groups excluding carboxylic acids is 1. The van der Waals surface area contributed by atoms with Crippen molar-refractivity contribution in [2.45, 2.75) is 25.1 Å². The zero-order chi connectivity index (χ0) is 18.0. The molecule has 0 unspecified atom stereocenters. The third-order valence-electron chi connectivity index (χ3n) is 3.48. The van der Waals surface area contributed by atoms with Gasteiger partial charge in [0.15, 0.2) is 0 Å². The molecule has 1 aromatic heterocycles. The number of rotatable bonds is 4. The van der Waals surface area contributed by atoms with E-state index in [0.717, 1.165) is 18.9 Å². The lowest BCUT2D eigenvalue weighted by atomic mass is 10.1. The Labute approximate surface area is 146 Å². The Morgan fingerprint density at radius 2 is 1.96 bits per heavy atom. The molecule has 1 saturated carbocycles. The molecule has 1 aliphatic carbocycles. The number of nitrogens with zero attached hydrogens (tertiary/aromatic N) is 1. The van der Waals surface area contributed by atoms with Crippen LogP contribution >= 0.6 is 11.6 Å². The number of anilines is 3. The van der Waals surface area contributed by atoms with E-state index in [0.29, 0.717) is 5.69 Å². The minimum Gasteiger partial charge on any atom is -0.340 e. The van der Waals surface area contributed by atoms with Crippen molar-refractivity contribution >= 4 is 34.8 Å². The highest BCUT2D eigenvalue weighted by atomic mass is 35.5. The summed E-state index contributed by atoms with van der Waals surface area (Å²) in [5, 5.41) is 7.97. The van der Waals surface area contributed by atoms with E-state index in [1.54, 1.807) is 6.07 Å². The third kappa shape index (κ3) is 4.76. The number of nitrogens with one attached hydrogen (secondary N) is 3. The minimum atomic E-state index is -4.55. The van der Waals surface area contributed by atoms with Crippen LogP contribution in [0.3, 0.4) is 0 Å². The van der Waals surface area contributed by atoms with E-state index < -0.39 is 11.7 Å². The molecular weight excluding hydrogens is 357 g/mol. The van der Waals surface area contributed by atoms with Crippen molar-refractivity contribution in [2.24, 2.45) is 0 Å². The van der Waals surface area contributed by atoms with Crippen LogP contribution in [-0.2, 0) is 6.18 Å². The number of alkyl halides is 3. The zero-order valence-corrected chi connectivity index (χ0v) is 13.6. The molecule has 0 spiro atoms. The van der Waals surface area contributed by atoms with Crippen molar-refractivity contribution in [2.75, 3.05) is 10.6 Å². The second-order valence-electron chi connectivity index (χ2n) is 5.62. The lowest BCUT2D eigenvalue weighted by molar-refractivity contribution is -0.136. The van der Waals surface area contributed by atoms with E-state index >= 15 is 0 Å². The summed E-state index contributed by atoms with van der Waals surface area (Å²) in [5.41, 5.74) is -0.597. The number of urea groups is 1. The van der Waals surface area contributed by atoms with E-state index in [4.69, 9.17) is 11.6 Å².